The van der Waals surface area contributed by atoms with Crippen LogP contribution in [0.15, 0.2) is 47.6 Å². The lowest BCUT2D eigenvalue weighted by molar-refractivity contribution is 0.0767. The summed E-state index contributed by atoms with van der Waals surface area (Å²) in [5, 5.41) is 2.47. The first-order valence-corrected chi connectivity index (χ1v) is 5.34. The van der Waals surface area contributed by atoms with Crippen molar-refractivity contribution in [3.05, 3.63) is 53.2 Å². The van der Waals surface area contributed by atoms with E-state index in [0.29, 0.717) is 11.8 Å². The van der Waals surface area contributed by atoms with E-state index < -0.39 is 0 Å². The summed E-state index contributed by atoms with van der Waals surface area (Å²) >= 11 is 6.04. The fourth-order valence-electron chi connectivity index (χ4n) is 1.52. The van der Waals surface area contributed by atoms with Gasteiger partial charge in [-0.3, -0.25) is 10.4 Å². The summed E-state index contributed by atoms with van der Waals surface area (Å²) in [6.07, 6.45) is 3.68. The molecule has 84 valence electrons. The van der Waals surface area contributed by atoms with E-state index in [1.54, 1.807) is 18.3 Å². The lowest BCUT2D eigenvalue weighted by atomic mass is 10.1. The molecule has 0 atom stereocenters. The van der Waals surface area contributed by atoms with Crippen LogP contribution in [0.2, 0.25) is 0 Å². The van der Waals surface area contributed by atoms with Crippen LogP contribution in [-0.2, 0) is 4.74 Å². The standard InChI is InChI=1S/C12H13ClN2O/c1-16-9-15-8-11(13)7-12(14-15)10-5-3-2-4-6-10/h2-8,14H,9H2,1H3. The van der Waals surface area contributed by atoms with E-state index in [9.17, 15) is 0 Å². The van der Waals surface area contributed by atoms with Crippen LogP contribution in [0.3, 0.4) is 0 Å². The van der Waals surface area contributed by atoms with Crippen LogP contribution in [0.25, 0.3) is 5.70 Å². The Morgan fingerprint density at radius 3 is 2.75 bits per heavy atom. The molecule has 0 spiro atoms. The molecule has 1 aromatic carbocycles. The second-order valence-electron chi connectivity index (χ2n) is 3.44. The lowest BCUT2D eigenvalue weighted by Crippen LogP contribution is -2.35. The number of rotatable bonds is 3. The van der Waals surface area contributed by atoms with Crippen molar-refractivity contribution in [3.63, 3.8) is 0 Å². The molecule has 0 amide bonds. The summed E-state index contributed by atoms with van der Waals surface area (Å²) in [7, 11) is 1.64. The molecule has 0 radical (unpaired) electrons. The highest BCUT2D eigenvalue weighted by Crippen LogP contribution is 2.20. The largest absolute Gasteiger partial charge is 0.363 e. The zero-order valence-electron chi connectivity index (χ0n) is 8.98. The van der Waals surface area contributed by atoms with Crippen molar-refractivity contribution in [2.75, 3.05) is 13.8 Å². The Labute approximate surface area is 99.9 Å². The lowest BCUT2D eigenvalue weighted by Gasteiger charge is -2.27. The molecule has 0 fully saturated rings. The number of nitrogens with one attached hydrogen (secondary N) is 1. The highest BCUT2D eigenvalue weighted by Gasteiger charge is 2.10. The number of methoxy groups -OCH3 is 1. The van der Waals surface area contributed by atoms with Gasteiger partial charge < -0.3 is 4.74 Å². The van der Waals surface area contributed by atoms with Crippen molar-refractivity contribution in [2.24, 2.45) is 0 Å². The monoisotopic (exact) mass is 236 g/mol. The van der Waals surface area contributed by atoms with E-state index >= 15 is 0 Å². The second-order valence-corrected chi connectivity index (χ2v) is 3.87. The second kappa shape index (κ2) is 5.05. The summed E-state index contributed by atoms with van der Waals surface area (Å²) in [6.45, 7) is 0.445. The molecular weight excluding hydrogens is 224 g/mol. The van der Waals surface area contributed by atoms with Gasteiger partial charge in [-0.2, -0.15) is 0 Å². The normalized spacial score (nSPS) is 15.2. The van der Waals surface area contributed by atoms with Crippen molar-refractivity contribution in [2.45, 2.75) is 0 Å². The van der Waals surface area contributed by atoms with Gasteiger partial charge in [-0.15, -0.1) is 0 Å². The number of allylic oxidation sites excluding steroid dienone is 2. The fourth-order valence-corrected chi connectivity index (χ4v) is 1.74. The molecule has 3 nitrogen and oxygen atoms in total. The molecule has 0 aromatic heterocycles. The van der Waals surface area contributed by atoms with Crippen molar-refractivity contribution in [1.82, 2.24) is 10.4 Å². The number of hydrogen-bond donors (Lipinski definition) is 1. The first-order valence-electron chi connectivity index (χ1n) is 4.96. The van der Waals surface area contributed by atoms with Crippen molar-refractivity contribution >= 4 is 17.3 Å². The highest BCUT2D eigenvalue weighted by atomic mass is 35.5. The molecule has 0 saturated heterocycles. The first kappa shape index (κ1) is 11.0. The Hall–Kier alpha value is -1.45. The molecule has 1 aromatic rings. The molecule has 1 N–H and O–H groups in total. The maximum absolute atomic E-state index is 6.04. The summed E-state index contributed by atoms with van der Waals surface area (Å²) in [5.74, 6) is 0. The predicted octanol–water partition coefficient (Wildman–Crippen LogP) is 2.53. The molecular formula is C12H13ClN2O. The molecule has 1 aliphatic rings. The minimum absolute atomic E-state index is 0.445. The number of hydrazine groups is 1. The predicted molar refractivity (Wildman–Crippen MR) is 65.2 cm³/mol. The van der Waals surface area contributed by atoms with Gasteiger partial charge in [-0.1, -0.05) is 41.9 Å². The van der Waals surface area contributed by atoms with Crippen LogP contribution in [-0.4, -0.2) is 18.8 Å². The summed E-state index contributed by atoms with van der Waals surface area (Å²) in [5.41, 5.74) is 5.27. The average molecular weight is 237 g/mol. The highest BCUT2D eigenvalue weighted by molar-refractivity contribution is 6.31. The van der Waals surface area contributed by atoms with Gasteiger partial charge in [-0.25, -0.2) is 0 Å². The molecule has 0 bridgehead atoms. The van der Waals surface area contributed by atoms with Gasteiger partial charge in [0.25, 0.3) is 0 Å². The van der Waals surface area contributed by atoms with Crippen LogP contribution in [0.4, 0.5) is 0 Å². The average Bonchev–Trinajstić information content (AvgIpc) is 2.30. The molecule has 0 saturated carbocycles. The van der Waals surface area contributed by atoms with Gasteiger partial charge in [-0.05, 0) is 11.6 Å². The zero-order chi connectivity index (χ0) is 11.4. The van der Waals surface area contributed by atoms with Gasteiger partial charge in [0.2, 0.25) is 0 Å². The summed E-state index contributed by atoms with van der Waals surface area (Å²) in [6, 6.07) is 10.0. The molecule has 2 rings (SSSR count). The SMILES string of the molecule is COCN1C=C(Cl)C=C(c2ccccc2)N1. The Morgan fingerprint density at radius 1 is 1.31 bits per heavy atom. The van der Waals surface area contributed by atoms with E-state index in [4.69, 9.17) is 16.3 Å². The zero-order valence-corrected chi connectivity index (χ0v) is 9.74. The van der Waals surface area contributed by atoms with Gasteiger partial charge in [0.15, 0.2) is 0 Å². The van der Waals surface area contributed by atoms with E-state index in [1.807, 2.05) is 36.4 Å². The fraction of sp³-hybridized carbons (Fsp3) is 0.167. The number of ether oxygens (including phenoxy) is 1. The number of hydrogen-bond acceptors (Lipinski definition) is 3. The van der Waals surface area contributed by atoms with Crippen molar-refractivity contribution < 1.29 is 4.74 Å². The molecule has 0 aliphatic carbocycles. The van der Waals surface area contributed by atoms with Crippen LogP contribution in [0.1, 0.15) is 5.56 Å². The smallest absolute Gasteiger partial charge is 0.136 e. The van der Waals surface area contributed by atoms with Crippen LogP contribution in [0, 0.1) is 0 Å². The maximum Gasteiger partial charge on any atom is 0.136 e. The minimum atomic E-state index is 0.445. The third-order valence-electron chi connectivity index (χ3n) is 2.18. The number of nitrogens with zero attached hydrogens (tertiary/aromatic N) is 1. The Balaban J connectivity index is 2.21. The summed E-state index contributed by atoms with van der Waals surface area (Å²) in [4.78, 5) is 0. The van der Waals surface area contributed by atoms with Gasteiger partial charge in [0.05, 0.1) is 10.7 Å². The molecule has 4 heteroatoms. The number of benzene rings is 1. The molecule has 1 aliphatic heterocycles. The Morgan fingerprint density at radius 2 is 2.06 bits per heavy atom. The molecule has 0 unspecified atom stereocenters. The third-order valence-corrected chi connectivity index (χ3v) is 2.39. The first-order chi connectivity index (χ1) is 7.79. The maximum atomic E-state index is 6.04. The van der Waals surface area contributed by atoms with E-state index in [2.05, 4.69) is 5.43 Å². The topological polar surface area (TPSA) is 24.5 Å². The van der Waals surface area contributed by atoms with E-state index in [-0.39, 0.29) is 0 Å². The van der Waals surface area contributed by atoms with Crippen LogP contribution in [0.5, 0.6) is 0 Å². The van der Waals surface area contributed by atoms with Gasteiger partial charge in [0.1, 0.15) is 6.73 Å². The van der Waals surface area contributed by atoms with E-state index in [0.717, 1.165) is 11.3 Å². The van der Waals surface area contributed by atoms with Crippen LogP contribution >= 0.6 is 11.6 Å². The van der Waals surface area contributed by atoms with Gasteiger partial charge in [0, 0.05) is 13.3 Å². The third kappa shape index (κ3) is 2.56. The Bertz CT molecular complexity index is 414. The number of halogens is 1. The molecule has 16 heavy (non-hydrogen) atoms. The van der Waals surface area contributed by atoms with Crippen molar-refractivity contribution in [1.29, 1.82) is 0 Å². The quantitative estimate of drug-likeness (QED) is 0.873. The van der Waals surface area contributed by atoms with Crippen molar-refractivity contribution in [3.8, 4) is 0 Å². The Kier molecular flexibility index (Phi) is 3.49. The summed E-state index contributed by atoms with van der Waals surface area (Å²) < 4.78 is 5.05. The van der Waals surface area contributed by atoms with Gasteiger partial charge >= 0.3 is 0 Å². The minimum Gasteiger partial charge on any atom is -0.363 e. The van der Waals surface area contributed by atoms with Crippen LogP contribution < -0.4 is 5.43 Å². The molecule has 1 heterocycles. The van der Waals surface area contributed by atoms with E-state index in [1.165, 1.54) is 0 Å².